The normalized spacial score (nSPS) is 14.0. The van der Waals surface area contributed by atoms with E-state index in [2.05, 4.69) is 10.5 Å². The number of allylic oxidation sites excluding steroid dienone is 2. The second kappa shape index (κ2) is 9.81. The van der Waals surface area contributed by atoms with Crippen LogP contribution in [0.1, 0.15) is 33.3 Å². The van der Waals surface area contributed by atoms with Crippen molar-refractivity contribution in [2.24, 2.45) is 11.8 Å². The summed E-state index contributed by atoms with van der Waals surface area (Å²) in [5.74, 6) is 0.557. The molecule has 0 saturated heterocycles. The number of aromatic hydroxyl groups is 1. The number of nitrogens with zero attached hydrogens (tertiary/aromatic N) is 1. The van der Waals surface area contributed by atoms with E-state index >= 15 is 0 Å². The Labute approximate surface area is 172 Å². The summed E-state index contributed by atoms with van der Waals surface area (Å²) in [6.45, 7) is 9.56. The lowest BCUT2D eigenvalue weighted by Gasteiger charge is -2.25. The van der Waals surface area contributed by atoms with Crippen molar-refractivity contribution in [1.29, 1.82) is 0 Å². The van der Waals surface area contributed by atoms with Gasteiger partial charge in [0.1, 0.15) is 5.75 Å². The molecular formula is C21H29N2O5P. The number of rotatable bonds is 9. The zero-order valence-corrected chi connectivity index (χ0v) is 18.6. The first-order valence-corrected chi connectivity index (χ1v) is 10.9. The zero-order chi connectivity index (χ0) is 21.6. The van der Waals surface area contributed by atoms with Crippen LogP contribution < -0.4 is 14.7 Å². The third-order valence-corrected chi connectivity index (χ3v) is 6.12. The van der Waals surface area contributed by atoms with Crippen molar-refractivity contribution >= 4 is 13.3 Å². The fourth-order valence-corrected chi connectivity index (χ4v) is 4.63. The summed E-state index contributed by atoms with van der Waals surface area (Å²) in [5.41, 5.74) is 3.77. The van der Waals surface area contributed by atoms with Gasteiger partial charge >= 0.3 is 7.60 Å². The maximum absolute atomic E-state index is 13.9. The Morgan fingerprint density at radius 3 is 2.55 bits per heavy atom. The lowest BCUT2D eigenvalue weighted by atomic mass is 10.1. The highest BCUT2D eigenvalue weighted by Crippen LogP contribution is 2.59. The molecule has 1 aromatic carbocycles. The SMILES string of the molecule is COc1cc(OP(=O)(ONc2cccnc2)/C(=C\C(C)C)C(C)C)cc(C)c1O. The molecule has 0 radical (unpaired) electrons. The summed E-state index contributed by atoms with van der Waals surface area (Å²) in [6, 6.07) is 6.55. The molecule has 29 heavy (non-hydrogen) atoms. The Balaban J connectivity index is 2.46. The van der Waals surface area contributed by atoms with Gasteiger partial charge in [0.2, 0.25) is 0 Å². The summed E-state index contributed by atoms with van der Waals surface area (Å²) in [4.78, 5) is 4.01. The van der Waals surface area contributed by atoms with Crippen molar-refractivity contribution in [1.82, 2.24) is 4.98 Å². The maximum atomic E-state index is 13.9. The minimum absolute atomic E-state index is 0.00545. The Hall–Kier alpha value is -2.50. The molecule has 2 rings (SSSR count). The molecule has 1 aromatic heterocycles. The average Bonchev–Trinajstić information content (AvgIpc) is 2.67. The van der Waals surface area contributed by atoms with Crippen LogP contribution in [0.4, 0.5) is 5.69 Å². The van der Waals surface area contributed by atoms with Gasteiger partial charge in [0.05, 0.1) is 24.3 Å². The van der Waals surface area contributed by atoms with Gasteiger partial charge in [-0.1, -0.05) is 33.8 Å². The first kappa shape index (κ1) is 22.8. The molecule has 1 heterocycles. The number of aryl methyl sites for hydroxylation is 1. The smallest absolute Gasteiger partial charge is 0.427 e. The van der Waals surface area contributed by atoms with E-state index in [0.717, 1.165) is 0 Å². The standard InChI is InChI=1S/C21H29N2O5P/c1-14(2)10-20(15(3)4)29(25,28-23-17-8-7-9-22-13-17)27-18-11-16(5)21(24)19(12-18)26-6/h7-15,23-24H,1-6H3/b20-10-. The molecule has 0 spiro atoms. The highest BCUT2D eigenvalue weighted by atomic mass is 31.2. The van der Waals surface area contributed by atoms with Gasteiger partial charge in [-0.25, -0.2) is 4.57 Å². The topological polar surface area (TPSA) is 89.9 Å². The van der Waals surface area contributed by atoms with E-state index < -0.39 is 7.60 Å². The number of aromatic nitrogens is 1. The van der Waals surface area contributed by atoms with Gasteiger partial charge in [0.15, 0.2) is 11.5 Å². The second-order valence-corrected chi connectivity index (χ2v) is 9.18. The molecule has 158 valence electrons. The number of phenolic OH excluding ortho intramolecular Hbond substituents is 1. The number of ether oxygens (including phenoxy) is 1. The molecule has 0 aliphatic rings. The molecule has 0 aliphatic heterocycles. The summed E-state index contributed by atoms with van der Waals surface area (Å²) in [7, 11) is -2.37. The van der Waals surface area contributed by atoms with E-state index in [1.165, 1.54) is 13.2 Å². The van der Waals surface area contributed by atoms with Gasteiger partial charge < -0.3 is 14.4 Å². The zero-order valence-electron chi connectivity index (χ0n) is 17.7. The Bertz CT molecular complexity index is 897. The van der Waals surface area contributed by atoms with Gasteiger partial charge in [-0.3, -0.25) is 10.5 Å². The predicted octanol–water partition coefficient (Wildman–Crippen LogP) is 5.92. The Morgan fingerprint density at radius 1 is 1.28 bits per heavy atom. The van der Waals surface area contributed by atoms with Crippen molar-refractivity contribution in [3.05, 3.63) is 53.6 Å². The monoisotopic (exact) mass is 420 g/mol. The molecule has 0 bridgehead atoms. The molecule has 7 nitrogen and oxygen atoms in total. The molecule has 0 amide bonds. The van der Waals surface area contributed by atoms with Crippen molar-refractivity contribution in [3.8, 4) is 17.2 Å². The molecule has 1 unspecified atom stereocenters. The molecule has 0 saturated carbocycles. The number of anilines is 1. The van der Waals surface area contributed by atoms with E-state index in [1.54, 1.807) is 37.5 Å². The molecule has 0 fully saturated rings. The largest absolute Gasteiger partial charge is 0.504 e. The fourth-order valence-electron chi connectivity index (χ4n) is 2.66. The lowest BCUT2D eigenvalue weighted by molar-refractivity contribution is 0.319. The maximum Gasteiger partial charge on any atom is 0.427 e. The third-order valence-electron chi connectivity index (χ3n) is 4.04. The van der Waals surface area contributed by atoms with Gasteiger partial charge in [-0.15, -0.1) is 0 Å². The third kappa shape index (κ3) is 5.99. The first-order valence-electron chi connectivity index (χ1n) is 9.40. The highest BCUT2D eigenvalue weighted by molar-refractivity contribution is 7.58. The number of benzene rings is 1. The van der Waals surface area contributed by atoms with Gasteiger partial charge in [0, 0.05) is 12.3 Å². The number of hydrogen-bond donors (Lipinski definition) is 2. The number of phenols is 1. The van der Waals surface area contributed by atoms with E-state index in [0.29, 0.717) is 16.6 Å². The number of nitrogens with one attached hydrogen (secondary N) is 1. The predicted molar refractivity (Wildman–Crippen MR) is 114 cm³/mol. The van der Waals surface area contributed by atoms with Gasteiger partial charge in [0.25, 0.3) is 0 Å². The van der Waals surface area contributed by atoms with Crippen LogP contribution in [0.25, 0.3) is 0 Å². The highest BCUT2D eigenvalue weighted by Gasteiger charge is 2.35. The van der Waals surface area contributed by atoms with Crippen molar-refractivity contribution in [2.75, 3.05) is 12.6 Å². The summed E-state index contributed by atoms with van der Waals surface area (Å²) < 4.78 is 30.7. The van der Waals surface area contributed by atoms with Crippen LogP contribution in [0, 0.1) is 18.8 Å². The van der Waals surface area contributed by atoms with E-state index in [9.17, 15) is 9.67 Å². The lowest BCUT2D eigenvalue weighted by Crippen LogP contribution is -2.10. The van der Waals surface area contributed by atoms with Crippen LogP contribution in [0.5, 0.6) is 17.2 Å². The van der Waals surface area contributed by atoms with Crippen LogP contribution in [-0.2, 0) is 9.19 Å². The fraction of sp³-hybridized carbons (Fsp3) is 0.381. The Morgan fingerprint density at radius 2 is 2.00 bits per heavy atom. The number of pyridine rings is 1. The van der Waals surface area contributed by atoms with E-state index in [4.69, 9.17) is 13.9 Å². The minimum Gasteiger partial charge on any atom is -0.504 e. The molecule has 0 aliphatic carbocycles. The van der Waals surface area contributed by atoms with Gasteiger partial charge in [-0.05, 0) is 42.5 Å². The minimum atomic E-state index is -3.81. The van der Waals surface area contributed by atoms with E-state index in [1.807, 2.05) is 33.8 Å². The van der Waals surface area contributed by atoms with Crippen LogP contribution in [-0.4, -0.2) is 17.2 Å². The van der Waals surface area contributed by atoms with Crippen LogP contribution in [0.15, 0.2) is 48.0 Å². The molecule has 1 atom stereocenters. The van der Waals surface area contributed by atoms with Crippen molar-refractivity contribution in [2.45, 2.75) is 34.6 Å². The number of methoxy groups -OCH3 is 1. The molecule has 2 aromatic rings. The van der Waals surface area contributed by atoms with Crippen LogP contribution >= 0.6 is 7.60 Å². The van der Waals surface area contributed by atoms with E-state index in [-0.39, 0.29) is 29.1 Å². The summed E-state index contributed by atoms with van der Waals surface area (Å²) in [6.07, 6.45) is 5.07. The summed E-state index contributed by atoms with van der Waals surface area (Å²) in [5, 5.41) is 10.6. The molecule has 2 N–H and O–H groups in total. The second-order valence-electron chi connectivity index (χ2n) is 7.31. The van der Waals surface area contributed by atoms with Crippen molar-refractivity contribution in [3.63, 3.8) is 0 Å². The quantitative estimate of drug-likeness (QED) is 0.385. The van der Waals surface area contributed by atoms with Gasteiger partial charge in [-0.2, -0.15) is 4.62 Å². The summed E-state index contributed by atoms with van der Waals surface area (Å²) >= 11 is 0. The average molecular weight is 420 g/mol. The molecular weight excluding hydrogens is 391 g/mol. The van der Waals surface area contributed by atoms with Crippen LogP contribution in [0.3, 0.4) is 0 Å². The molecule has 8 heteroatoms. The Kier molecular flexibility index (Phi) is 7.71. The van der Waals surface area contributed by atoms with Crippen molar-refractivity contribution < 1.29 is 23.6 Å². The first-order chi connectivity index (χ1) is 13.7. The van der Waals surface area contributed by atoms with Crippen LogP contribution in [0.2, 0.25) is 0 Å². The number of hydrogen-bond acceptors (Lipinski definition) is 7.